The largest absolute Gasteiger partial charge is 0.353 e. The minimum atomic E-state index is 0.137. The van der Waals surface area contributed by atoms with Gasteiger partial charge >= 0.3 is 0 Å². The maximum Gasteiger partial charge on any atom is 0.223 e. The van der Waals surface area contributed by atoms with E-state index >= 15 is 0 Å². The van der Waals surface area contributed by atoms with Gasteiger partial charge in [-0.3, -0.25) is 4.79 Å². The lowest BCUT2D eigenvalue weighted by Crippen LogP contribution is -2.43. The molecule has 2 aromatic rings. The molecule has 1 aliphatic heterocycles. The molecule has 22 heavy (non-hydrogen) atoms. The maximum atomic E-state index is 12.2. The van der Waals surface area contributed by atoms with E-state index in [1.807, 2.05) is 12.1 Å². The lowest BCUT2D eigenvalue weighted by Gasteiger charge is -2.31. The third-order valence-electron chi connectivity index (χ3n) is 4.29. The molecule has 0 aliphatic carbocycles. The van der Waals surface area contributed by atoms with Gasteiger partial charge in [-0.1, -0.05) is 18.3 Å². The van der Waals surface area contributed by atoms with Crippen LogP contribution in [0.1, 0.15) is 33.1 Å². The smallest absolute Gasteiger partial charge is 0.223 e. The highest BCUT2D eigenvalue weighted by Crippen LogP contribution is 2.30. The Labute approximate surface area is 134 Å². The fourth-order valence-corrected chi connectivity index (χ4v) is 3.65. The molecule has 5 nitrogen and oxygen atoms in total. The van der Waals surface area contributed by atoms with Crippen LogP contribution in [0.4, 0.5) is 5.13 Å². The van der Waals surface area contributed by atoms with Crippen molar-refractivity contribution in [3.8, 4) is 0 Å². The molecule has 1 saturated heterocycles. The van der Waals surface area contributed by atoms with E-state index in [1.165, 1.54) is 0 Å². The number of hydrogen-bond donors (Lipinski definition) is 1. The first-order valence-electron chi connectivity index (χ1n) is 7.94. The van der Waals surface area contributed by atoms with E-state index < -0.39 is 0 Å². The predicted octanol–water partition coefficient (Wildman–Crippen LogP) is 2.82. The molecule has 118 valence electrons. The number of fused-ring (bicyclic) bond motifs is 1. The van der Waals surface area contributed by atoms with Crippen molar-refractivity contribution >= 4 is 32.7 Å². The molecule has 0 radical (unpaired) electrons. The number of anilines is 1. The zero-order valence-electron chi connectivity index (χ0n) is 13.1. The lowest BCUT2D eigenvalue weighted by atomic mass is 9.96. The summed E-state index contributed by atoms with van der Waals surface area (Å²) in [5.41, 5.74) is 0.958. The second-order valence-corrected chi connectivity index (χ2v) is 6.86. The van der Waals surface area contributed by atoms with Crippen LogP contribution in [0.2, 0.25) is 0 Å². The molecule has 0 spiro atoms. The van der Waals surface area contributed by atoms with Crippen molar-refractivity contribution in [1.82, 2.24) is 15.3 Å². The van der Waals surface area contributed by atoms with Crippen LogP contribution < -0.4 is 10.2 Å². The fourth-order valence-electron chi connectivity index (χ4n) is 2.69. The van der Waals surface area contributed by atoms with Crippen molar-refractivity contribution in [3.05, 3.63) is 18.3 Å². The summed E-state index contributed by atoms with van der Waals surface area (Å²) < 4.78 is 0. The number of thiazole rings is 1. The van der Waals surface area contributed by atoms with Crippen LogP contribution in [0.15, 0.2) is 18.3 Å². The molecule has 0 saturated carbocycles. The van der Waals surface area contributed by atoms with Crippen molar-refractivity contribution in [2.24, 2.45) is 5.92 Å². The summed E-state index contributed by atoms with van der Waals surface area (Å²) in [4.78, 5) is 24.5. The second-order valence-electron chi connectivity index (χ2n) is 5.90. The minimum absolute atomic E-state index is 0.137. The first-order chi connectivity index (χ1) is 10.7. The summed E-state index contributed by atoms with van der Waals surface area (Å²) in [5, 5.41) is 4.12. The van der Waals surface area contributed by atoms with Crippen molar-refractivity contribution in [3.63, 3.8) is 0 Å². The Hall–Kier alpha value is -1.69. The lowest BCUT2D eigenvalue weighted by molar-refractivity contribution is -0.126. The number of nitrogens with zero attached hydrogens (tertiary/aromatic N) is 3. The van der Waals surface area contributed by atoms with Crippen molar-refractivity contribution in [2.75, 3.05) is 18.0 Å². The molecule has 3 heterocycles. The van der Waals surface area contributed by atoms with Gasteiger partial charge in [0.15, 0.2) is 5.13 Å². The summed E-state index contributed by atoms with van der Waals surface area (Å²) in [6.07, 6.45) is 4.57. The Bertz CT molecular complexity index is 615. The number of rotatable bonds is 4. The molecule has 1 amide bonds. The summed E-state index contributed by atoms with van der Waals surface area (Å²) in [6, 6.07) is 4.17. The van der Waals surface area contributed by atoms with Crippen LogP contribution in [-0.2, 0) is 4.79 Å². The molecule has 0 aromatic carbocycles. The van der Waals surface area contributed by atoms with E-state index in [1.54, 1.807) is 17.5 Å². The molecule has 1 atom stereocenters. The van der Waals surface area contributed by atoms with Gasteiger partial charge in [-0.2, -0.15) is 0 Å². The van der Waals surface area contributed by atoms with Gasteiger partial charge in [0.2, 0.25) is 5.91 Å². The zero-order valence-corrected chi connectivity index (χ0v) is 13.9. The summed E-state index contributed by atoms with van der Waals surface area (Å²) in [5.74, 6) is 0.345. The van der Waals surface area contributed by atoms with E-state index in [0.717, 1.165) is 47.8 Å². The van der Waals surface area contributed by atoms with E-state index in [-0.39, 0.29) is 17.9 Å². The first-order valence-corrected chi connectivity index (χ1v) is 8.76. The number of amides is 1. The predicted molar refractivity (Wildman–Crippen MR) is 90.2 cm³/mol. The zero-order chi connectivity index (χ0) is 15.5. The summed E-state index contributed by atoms with van der Waals surface area (Å²) in [6.45, 7) is 5.92. The summed E-state index contributed by atoms with van der Waals surface area (Å²) in [7, 11) is 0. The molecule has 2 aromatic heterocycles. The Morgan fingerprint density at radius 3 is 2.95 bits per heavy atom. The number of piperidine rings is 1. The van der Waals surface area contributed by atoms with E-state index in [4.69, 9.17) is 0 Å². The number of aromatic nitrogens is 2. The third-order valence-corrected chi connectivity index (χ3v) is 5.33. The van der Waals surface area contributed by atoms with E-state index in [2.05, 4.69) is 34.0 Å². The Morgan fingerprint density at radius 2 is 2.27 bits per heavy atom. The van der Waals surface area contributed by atoms with Gasteiger partial charge in [0.25, 0.3) is 0 Å². The quantitative estimate of drug-likeness (QED) is 0.942. The average molecular weight is 318 g/mol. The van der Waals surface area contributed by atoms with Crippen LogP contribution in [0.5, 0.6) is 0 Å². The van der Waals surface area contributed by atoms with Crippen LogP contribution in [-0.4, -0.2) is 35.0 Å². The topological polar surface area (TPSA) is 58.1 Å². The van der Waals surface area contributed by atoms with Crippen LogP contribution in [0.3, 0.4) is 0 Å². The van der Waals surface area contributed by atoms with Gasteiger partial charge in [-0.05, 0) is 38.3 Å². The SMILES string of the molecule is CC[C@@H](C)NC(=O)C1CCN(c2nc3cccnc3s2)CC1. The Kier molecular flexibility index (Phi) is 4.57. The average Bonchev–Trinajstić information content (AvgIpc) is 2.98. The third kappa shape index (κ3) is 3.21. The molecule has 0 bridgehead atoms. The van der Waals surface area contributed by atoms with E-state index in [9.17, 15) is 4.79 Å². The number of hydrogen-bond acceptors (Lipinski definition) is 5. The van der Waals surface area contributed by atoms with Gasteiger partial charge < -0.3 is 10.2 Å². The van der Waals surface area contributed by atoms with Crippen LogP contribution in [0.25, 0.3) is 10.3 Å². The molecular weight excluding hydrogens is 296 g/mol. The number of carbonyl (C=O) groups excluding carboxylic acids is 1. The monoisotopic (exact) mass is 318 g/mol. The van der Waals surface area contributed by atoms with Gasteiger partial charge in [-0.15, -0.1) is 0 Å². The fraction of sp³-hybridized carbons (Fsp3) is 0.562. The normalized spacial score (nSPS) is 17.6. The van der Waals surface area contributed by atoms with Crippen LogP contribution >= 0.6 is 11.3 Å². The van der Waals surface area contributed by atoms with Gasteiger partial charge in [0, 0.05) is 31.2 Å². The number of carbonyl (C=O) groups is 1. The van der Waals surface area contributed by atoms with Gasteiger partial charge in [-0.25, -0.2) is 9.97 Å². The summed E-state index contributed by atoms with van der Waals surface area (Å²) >= 11 is 1.63. The molecule has 1 N–H and O–H groups in total. The molecular formula is C16H22N4OS. The molecule has 1 aliphatic rings. The van der Waals surface area contributed by atoms with Gasteiger partial charge in [0.05, 0.1) is 0 Å². The standard InChI is InChI=1S/C16H22N4OS/c1-3-11(2)18-14(21)12-6-9-20(10-7-12)16-19-13-5-4-8-17-15(13)22-16/h4-5,8,11-12H,3,6-7,9-10H2,1-2H3,(H,18,21)/t11-/m1/s1. The molecule has 3 rings (SSSR count). The number of pyridine rings is 1. The number of nitrogens with one attached hydrogen (secondary N) is 1. The Morgan fingerprint density at radius 1 is 1.50 bits per heavy atom. The molecule has 6 heteroatoms. The highest BCUT2D eigenvalue weighted by Gasteiger charge is 2.26. The second kappa shape index (κ2) is 6.60. The molecule has 1 fully saturated rings. The van der Waals surface area contributed by atoms with E-state index in [0.29, 0.717) is 0 Å². The first kappa shape index (κ1) is 15.2. The van der Waals surface area contributed by atoms with Gasteiger partial charge in [0.1, 0.15) is 10.3 Å². The van der Waals surface area contributed by atoms with Crippen molar-refractivity contribution in [2.45, 2.75) is 39.2 Å². The molecule has 0 unspecified atom stereocenters. The highest BCUT2D eigenvalue weighted by molar-refractivity contribution is 7.21. The van der Waals surface area contributed by atoms with Crippen LogP contribution in [0, 0.1) is 5.92 Å². The highest BCUT2D eigenvalue weighted by atomic mass is 32.1. The van der Waals surface area contributed by atoms with Crippen molar-refractivity contribution in [1.29, 1.82) is 0 Å². The van der Waals surface area contributed by atoms with Crippen molar-refractivity contribution < 1.29 is 4.79 Å². The maximum absolute atomic E-state index is 12.2. The Balaban J connectivity index is 1.60. The minimum Gasteiger partial charge on any atom is -0.353 e.